The Hall–Kier alpha value is -2.48. The molecule has 0 aromatic heterocycles. The van der Waals surface area contributed by atoms with Gasteiger partial charge in [-0.25, -0.2) is 0 Å². The quantitative estimate of drug-likeness (QED) is 0.445. The summed E-state index contributed by atoms with van der Waals surface area (Å²) in [5, 5.41) is 15.6. The maximum Gasteiger partial charge on any atom is 0.267 e. The third-order valence-electron chi connectivity index (χ3n) is 3.59. The fourth-order valence-corrected chi connectivity index (χ4v) is 2.54. The lowest BCUT2D eigenvalue weighted by Crippen LogP contribution is -2.18. The van der Waals surface area contributed by atoms with E-state index in [9.17, 15) is 10.1 Å². The van der Waals surface area contributed by atoms with Crippen LogP contribution in [0.2, 0.25) is 10.0 Å². The fourth-order valence-electron chi connectivity index (χ4n) is 2.20. The van der Waals surface area contributed by atoms with Crippen LogP contribution in [0.4, 0.5) is 5.69 Å². The average Bonchev–Trinajstić information content (AvgIpc) is 2.59. The minimum atomic E-state index is -0.546. The third-order valence-corrected chi connectivity index (χ3v) is 4.15. The van der Waals surface area contributed by atoms with Crippen LogP contribution in [-0.4, -0.2) is 12.5 Å². The molecule has 25 heavy (non-hydrogen) atoms. The van der Waals surface area contributed by atoms with Crippen molar-refractivity contribution in [1.82, 2.24) is 5.32 Å². The van der Waals surface area contributed by atoms with Crippen LogP contribution in [0.1, 0.15) is 11.1 Å². The number of rotatable bonds is 6. The van der Waals surface area contributed by atoms with Gasteiger partial charge in [0.05, 0.1) is 10.7 Å². The summed E-state index contributed by atoms with van der Waals surface area (Å²) in [7, 11) is 0. The van der Waals surface area contributed by atoms with E-state index < -0.39 is 5.91 Å². The first-order chi connectivity index (χ1) is 12.0. The van der Waals surface area contributed by atoms with Crippen molar-refractivity contribution in [1.29, 1.82) is 5.26 Å². The van der Waals surface area contributed by atoms with Gasteiger partial charge in [0.2, 0.25) is 0 Å². The molecular formula is C19H17Cl2N3O. The highest BCUT2D eigenvalue weighted by Crippen LogP contribution is 2.25. The van der Waals surface area contributed by atoms with Gasteiger partial charge < -0.3 is 10.6 Å². The van der Waals surface area contributed by atoms with Gasteiger partial charge >= 0.3 is 0 Å². The van der Waals surface area contributed by atoms with Gasteiger partial charge in [0.1, 0.15) is 11.6 Å². The number of aryl methyl sites for hydroxylation is 1. The number of benzene rings is 2. The van der Waals surface area contributed by atoms with E-state index in [0.29, 0.717) is 22.3 Å². The molecule has 6 heteroatoms. The van der Waals surface area contributed by atoms with Crippen LogP contribution < -0.4 is 10.6 Å². The van der Waals surface area contributed by atoms with E-state index in [0.717, 1.165) is 6.42 Å². The lowest BCUT2D eigenvalue weighted by atomic mass is 10.1. The van der Waals surface area contributed by atoms with Crippen LogP contribution in [0.25, 0.3) is 0 Å². The smallest absolute Gasteiger partial charge is 0.267 e. The van der Waals surface area contributed by atoms with E-state index in [-0.39, 0.29) is 5.57 Å². The van der Waals surface area contributed by atoms with Crippen LogP contribution in [0.3, 0.4) is 0 Å². The van der Waals surface area contributed by atoms with Crippen LogP contribution >= 0.6 is 23.2 Å². The Balaban J connectivity index is 1.95. The Kier molecular flexibility index (Phi) is 6.88. The maximum atomic E-state index is 12.2. The van der Waals surface area contributed by atoms with E-state index in [4.69, 9.17) is 23.2 Å². The van der Waals surface area contributed by atoms with E-state index in [1.54, 1.807) is 12.1 Å². The molecule has 4 nitrogen and oxygen atoms in total. The summed E-state index contributed by atoms with van der Waals surface area (Å²) in [6, 6.07) is 14.7. The summed E-state index contributed by atoms with van der Waals surface area (Å²) in [5.74, 6) is -0.546. The van der Waals surface area contributed by atoms with Crippen molar-refractivity contribution >= 4 is 34.8 Å². The molecule has 0 saturated carbocycles. The number of carbonyl (C=O) groups is 1. The zero-order valence-corrected chi connectivity index (χ0v) is 15.2. The van der Waals surface area contributed by atoms with Crippen molar-refractivity contribution in [2.45, 2.75) is 13.3 Å². The number of amides is 1. The summed E-state index contributed by atoms with van der Waals surface area (Å²) in [6.45, 7) is 2.66. The van der Waals surface area contributed by atoms with Crippen LogP contribution in [-0.2, 0) is 11.2 Å². The highest BCUT2D eigenvalue weighted by Gasteiger charge is 2.11. The summed E-state index contributed by atoms with van der Waals surface area (Å²) < 4.78 is 0. The lowest BCUT2D eigenvalue weighted by Gasteiger charge is -2.08. The molecular weight excluding hydrogens is 357 g/mol. The van der Waals surface area contributed by atoms with E-state index >= 15 is 0 Å². The molecule has 0 aliphatic rings. The normalized spacial score (nSPS) is 10.9. The molecule has 128 valence electrons. The second-order valence-corrected chi connectivity index (χ2v) is 6.22. The molecule has 0 aliphatic heterocycles. The Morgan fingerprint density at radius 2 is 2.00 bits per heavy atom. The molecule has 2 rings (SSSR count). The topological polar surface area (TPSA) is 64.9 Å². The molecule has 0 saturated heterocycles. The number of nitrogens with one attached hydrogen (secondary N) is 2. The van der Waals surface area contributed by atoms with Crippen molar-refractivity contribution in [3.8, 4) is 6.07 Å². The molecule has 0 bridgehead atoms. The van der Waals surface area contributed by atoms with Gasteiger partial charge in [-0.15, -0.1) is 0 Å². The van der Waals surface area contributed by atoms with Crippen molar-refractivity contribution < 1.29 is 4.79 Å². The molecule has 0 unspecified atom stereocenters. The van der Waals surface area contributed by atoms with E-state index in [1.807, 2.05) is 31.2 Å². The molecule has 0 aliphatic carbocycles. The van der Waals surface area contributed by atoms with Crippen LogP contribution in [0.15, 0.2) is 54.2 Å². The molecule has 0 fully saturated rings. The number of halogens is 2. The van der Waals surface area contributed by atoms with Gasteiger partial charge in [-0.3, -0.25) is 4.79 Å². The highest BCUT2D eigenvalue weighted by atomic mass is 35.5. The SMILES string of the molecule is Cc1ccccc1CCN/C=C(/C#N)C(=O)Nc1cc(Cl)ccc1Cl. The summed E-state index contributed by atoms with van der Waals surface area (Å²) >= 11 is 11.9. The highest BCUT2D eigenvalue weighted by molar-refractivity contribution is 6.35. The standard InChI is InChI=1S/C19H17Cl2N3O/c1-13-4-2-3-5-14(13)8-9-23-12-15(11-22)19(25)24-18-10-16(20)6-7-17(18)21/h2-7,10,12,23H,8-9H2,1H3,(H,24,25)/b15-12-. The Labute approximate surface area is 157 Å². The molecule has 2 aromatic rings. The van der Waals surface area contributed by atoms with Gasteiger partial charge in [0.25, 0.3) is 5.91 Å². The molecule has 0 atom stereocenters. The Morgan fingerprint density at radius 3 is 2.72 bits per heavy atom. The monoisotopic (exact) mass is 373 g/mol. The van der Waals surface area contributed by atoms with Gasteiger partial charge in [-0.1, -0.05) is 47.5 Å². The van der Waals surface area contributed by atoms with Crippen molar-refractivity contribution in [2.24, 2.45) is 0 Å². The number of nitriles is 1. The van der Waals surface area contributed by atoms with Gasteiger partial charge in [0, 0.05) is 17.8 Å². The molecule has 1 amide bonds. The first-order valence-corrected chi connectivity index (χ1v) is 8.41. The first-order valence-electron chi connectivity index (χ1n) is 7.66. The largest absolute Gasteiger partial charge is 0.389 e. The molecule has 2 N–H and O–H groups in total. The minimum absolute atomic E-state index is 0.0409. The fraction of sp³-hybridized carbons (Fsp3) is 0.158. The number of hydrogen-bond donors (Lipinski definition) is 2. The van der Waals surface area contributed by atoms with E-state index in [1.165, 1.54) is 23.4 Å². The van der Waals surface area contributed by atoms with Gasteiger partial charge in [0.15, 0.2) is 0 Å². The number of nitrogens with zero attached hydrogens (tertiary/aromatic N) is 1. The summed E-state index contributed by atoms with van der Waals surface area (Å²) in [6.07, 6.45) is 2.20. The predicted octanol–water partition coefficient (Wildman–Crippen LogP) is 4.48. The number of hydrogen-bond acceptors (Lipinski definition) is 3. The summed E-state index contributed by atoms with van der Waals surface area (Å²) in [4.78, 5) is 12.2. The second-order valence-electron chi connectivity index (χ2n) is 5.38. The molecule has 0 radical (unpaired) electrons. The van der Waals surface area contributed by atoms with E-state index in [2.05, 4.69) is 16.7 Å². The predicted molar refractivity (Wildman–Crippen MR) is 102 cm³/mol. The first kappa shape index (κ1) is 18.9. The van der Waals surface area contributed by atoms with Gasteiger partial charge in [-0.05, 0) is 42.7 Å². The third kappa shape index (κ3) is 5.53. The van der Waals surface area contributed by atoms with Crippen molar-refractivity contribution in [2.75, 3.05) is 11.9 Å². The minimum Gasteiger partial charge on any atom is -0.389 e. The number of carbonyl (C=O) groups excluding carboxylic acids is 1. The molecule has 0 heterocycles. The number of anilines is 1. The second kappa shape index (κ2) is 9.12. The van der Waals surface area contributed by atoms with Crippen molar-refractivity contribution in [3.63, 3.8) is 0 Å². The zero-order chi connectivity index (χ0) is 18.2. The lowest BCUT2D eigenvalue weighted by molar-refractivity contribution is -0.112. The zero-order valence-electron chi connectivity index (χ0n) is 13.6. The Bertz CT molecular complexity index is 841. The van der Waals surface area contributed by atoms with Gasteiger partial charge in [-0.2, -0.15) is 5.26 Å². The average molecular weight is 374 g/mol. The maximum absolute atomic E-state index is 12.2. The summed E-state index contributed by atoms with van der Waals surface area (Å²) in [5.41, 5.74) is 2.75. The van der Waals surface area contributed by atoms with Crippen LogP contribution in [0, 0.1) is 18.3 Å². The molecule has 2 aromatic carbocycles. The molecule has 0 spiro atoms. The van der Waals surface area contributed by atoms with Crippen molar-refractivity contribution in [3.05, 3.63) is 75.4 Å². The Morgan fingerprint density at radius 1 is 1.24 bits per heavy atom. The van der Waals surface area contributed by atoms with Crippen LogP contribution in [0.5, 0.6) is 0 Å².